The van der Waals surface area contributed by atoms with Crippen LogP contribution >= 0.6 is 0 Å². The first-order chi connectivity index (χ1) is 10.5. The Hall–Kier alpha value is -3.02. The van der Waals surface area contributed by atoms with Crippen molar-refractivity contribution < 1.29 is 9.90 Å². The minimum atomic E-state index is -0.410. The number of benzene rings is 1. The number of rotatable bonds is 3. The average Bonchev–Trinajstić information content (AvgIpc) is 2.90. The third-order valence-corrected chi connectivity index (χ3v) is 3.46. The SMILES string of the molecule is Cc1cc(O)cc(=O)n1CC(=O)Nc1ccc2cc[nH]c2c1. The highest BCUT2D eigenvalue weighted by Crippen LogP contribution is 2.17. The maximum Gasteiger partial charge on any atom is 0.254 e. The summed E-state index contributed by atoms with van der Waals surface area (Å²) in [6, 6.07) is 10.0. The van der Waals surface area contributed by atoms with Crippen molar-refractivity contribution in [3.8, 4) is 5.75 Å². The number of H-pyrrole nitrogens is 1. The fraction of sp³-hybridized carbons (Fsp3) is 0.125. The lowest BCUT2D eigenvalue weighted by Crippen LogP contribution is -2.28. The van der Waals surface area contributed by atoms with Gasteiger partial charge in [0, 0.05) is 29.2 Å². The van der Waals surface area contributed by atoms with Crippen LogP contribution in [-0.2, 0) is 11.3 Å². The van der Waals surface area contributed by atoms with Gasteiger partial charge in [-0.3, -0.25) is 9.59 Å². The van der Waals surface area contributed by atoms with E-state index in [-0.39, 0.29) is 18.2 Å². The Labute approximate surface area is 126 Å². The van der Waals surface area contributed by atoms with Gasteiger partial charge in [-0.25, -0.2) is 0 Å². The first-order valence-corrected chi connectivity index (χ1v) is 6.80. The highest BCUT2D eigenvalue weighted by Gasteiger charge is 2.09. The number of aromatic amines is 1. The number of aromatic hydroxyl groups is 1. The summed E-state index contributed by atoms with van der Waals surface area (Å²) in [6.45, 7) is 1.56. The van der Waals surface area contributed by atoms with E-state index < -0.39 is 5.56 Å². The lowest BCUT2D eigenvalue weighted by molar-refractivity contribution is -0.116. The Balaban J connectivity index is 1.79. The Bertz CT molecular complexity index is 908. The highest BCUT2D eigenvalue weighted by atomic mass is 16.3. The van der Waals surface area contributed by atoms with E-state index in [0.717, 1.165) is 17.0 Å². The topological polar surface area (TPSA) is 87.1 Å². The number of aromatic nitrogens is 2. The van der Waals surface area contributed by atoms with Crippen LogP contribution in [0.3, 0.4) is 0 Å². The van der Waals surface area contributed by atoms with Crippen LogP contribution in [-0.4, -0.2) is 20.6 Å². The summed E-state index contributed by atoms with van der Waals surface area (Å²) in [4.78, 5) is 27.0. The van der Waals surface area contributed by atoms with E-state index in [2.05, 4.69) is 10.3 Å². The molecule has 3 rings (SSSR count). The van der Waals surface area contributed by atoms with Crippen molar-refractivity contribution in [2.24, 2.45) is 0 Å². The number of amides is 1. The molecule has 0 bridgehead atoms. The molecule has 0 unspecified atom stereocenters. The lowest BCUT2D eigenvalue weighted by atomic mass is 10.2. The summed E-state index contributed by atoms with van der Waals surface area (Å²) in [5, 5.41) is 13.2. The number of anilines is 1. The molecular weight excluding hydrogens is 282 g/mol. The zero-order chi connectivity index (χ0) is 15.7. The van der Waals surface area contributed by atoms with Crippen molar-refractivity contribution in [3.05, 3.63) is 58.6 Å². The van der Waals surface area contributed by atoms with Crippen LogP contribution in [0.5, 0.6) is 5.75 Å². The number of pyridine rings is 1. The zero-order valence-electron chi connectivity index (χ0n) is 12.0. The molecule has 112 valence electrons. The number of fused-ring (bicyclic) bond motifs is 1. The lowest BCUT2D eigenvalue weighted by Gasteiger charge is -2.10. The van der Waals surface area contributed by atoms with Crippen molar-refractivity contribution in [1.29, 1.82) is 0 Å². The second kappa shape index (κ2) is 5.40. The summed E-state index contributed by atoms with van der Waals surface area (Å²) in [6.07, 6.45) is 1.83. The van der Waals surface area contributed by atoms with Gasteiger partial charge in [-0.05, 0) is 36.6 Å². The largest absolute Gasteiger partial charge is 0.508 e. The molecule has 6 nitrogen and oxygen atoms in total. The second-order valence-corrected chi connectivity index (χ2v) is 5.11. The number of carbonyl (C=O) groups excluding carboxylic acids is 1. The molecular formula is C16H15N3O3. The van der Waals surface area contributed by atoms with E-state index in [9.17, 15) is 14.7 Å². The van der Waals surface area contributed by atoms with E-state index in [4.69, 9.17) is 0 Å². The Morgan fingerprint density at radius 2 is 2.09 bits per heavy atom. The normalized spacial score (nSPS) is 10.8. The Kier molecular flexibility index (Phi) is 3.42. The number of nitrogens with one attached hydrogen (secondary N) is 2. The minimum Gasteiger partial charge on any atom is -0.508 e. The fourth-order valence-electron chi connectivity index (χ4n) is 2.38. The molecule has 6 heteroatoms. The third-order valence-electron chi connectivity index (χ3n) is 3.46. The number of hydrogen-bond donors (Lipinski definition) is 3. The Morgan fingerprint density at radius 3 is 2.86 bits per heavy atom. The summed E-state index contributed by atoms with van der Waals surface area (Å²) < 4.78 is 1.31. The molecule has 0 saturated carbocycles. The van der Waals surface area contributed by atoms with Gasteiger partial charge in [-0.1, -0.05) is 6.07 Å². The van der Waals surface area contributed by atoms with Gasteiger partial charge in [0.25, 0.3) is 5.56 Å². The summed E-state index contributed by atoms with van der Waals surface area (Å²) in [7, 11) is 0. The van der Waals surface area contributed by atoms with Gasteiger partial charge >= 0.3 is 0 Å². The van der Waals surface area contributed by atoms with E-state index in [1.807, 2.05) is 24.4 Å². The van der Waals surface area contributed by atoms with E-state index in [1.54, 1.807) is 13.0 Å². The van der Waals surface area contributed by atoms with Gasteiger partial charge in [-0.15, -0.1) is 0 Å². The third kappa shape index (κ3) is 2.71. The predicted octanol–water partition coefficient (Wildman–Crippen LogP) is 1.98. The molecule has 1 aromatic carbocycles. The molecule has 22 heavy (non-hydrogen) atoms. The number of aryl methyl sites for hydroxylation is 1. The van der Waals surface area contributed by atoms with Crippen molar-refractivity contribution in [1.82, 2.24) is 9.55 Å². The fourth-order valence-corrected chi connectivity index (χ4v) is 2.38. The van der Waals surface area contributed by atoms with Crippen LogP contribution in [0.2, 0.25) is 0 Å². The van der Waals surface area contributed by atoms with Crippen LogP contribution in [0.25, 0.3) is 10.9 Å². The molecule has 0 aliphatic rings. The molecule has 0 saturated heterocycles. The number of hydrogen-bond acceptors (Lipinski definition) is 3. The van der Waals surface area contributed by atoms with Gasteiger partial charge in [0.05, 0.1) is 0 Å². The predicted molar refractivity (Wildman–Crippen MR) is 84.0 cm³/mol. The van der Waals surface area contributed by atoms with Crippen LogP contribution in [0, 0.1) is 6.92 Å². The van der Waals surface area contributed by atoms with Crippen molar-refractivity contribution in [2.75, 3.05) is 5.32 Å². The van der Waals surface area contributed by atoms with Gasteiger partial charge < -0.3 is 20.0 Å². The molecule has 3 aromatic rings. The monoisotopic (exact) mass is 297 g/mol. The molecule has 0 fully saturated rings. The molecule has 0 atom stereocenters. The molecule has 1 amide bonds. The zero-order valence-corrected chi connectivity index (χ0v) is 12.0. The van der Waals surface area contributed by atoms with Crippen LogP contribution in [0.15, 0.2) is 47.4 Å². The van der Waals surface area contributed by atoms with Crippen LogP contribution in [0.1, 0.15) is 5.69 Å². The van der Waals surface area contributed by atoms with Crippen molar-refractivity contribution in [3.63, 3.8) is 0 Å². The van der Waals surface area contributed by atoms with Gasteiger partial charge in [0.2, 0.25) is 5.91 Å². The molecule has 0 spiro atoms. The first kappa shape index (κ1) is 13.9. The summed E-state index contributed by atoms with van der Waals surface area (Å²) in [5.74, 6) is -0.404. The van der Waals surface area contributed by atoms with Gasteiger partial charge in [-0.2, -0.15) is 0 Å². The van der Waals surface area contributed by atoms with Crippen LogP contribution in [0.4, 0.5) is 5.69 Å². The highest BCUT2D eigenvalue weighted by molar-refractivity contribution is 5.93. The van der Waals surface area contributed by atoms with Crippen molar-refractivity contribution >= 4 is 22.5 Å². The average molecular weight is 297 g/mol. The number of nitrogens with zero attached hydrogens (tertiary/aromatic N) is 1. The minimum absolute atomic E-state index is 0.101. The van der Waals surface area contributed by atoms with Crippen molar-refractivity contribution in [2.45, 2.75) is 13.5 Å². The maximum absolute atomic E-state index is 12.1. The standard InChI is InChI=1S/C16H15N3O3/c1-10-6-13(20)8-16(22)19(10)9-15(21)18-12-3-2-11-4-5-17-14(11)7-12/h2-8,17,20H,9H2,1H3,(H,18,21). The second-order valence-electron chi connectivity index (χ2n) is 5.11. The molecule has 2 heterocycles. The molecule has 3 N–H and O–H groups in total. The summed E-state index contributed by atoms with van der Waals surface area (Å²) in [5.41, 5.74) is 1.70. The molecule has 0 aliphatic heterocycles. The maximum atomic E-state index is 12.1. The van der Waals surface area contributed by atoms with Gasteiger partial charge in [0.15, 0.2) is 0 Å². The van der Waals surface area contributed by atoms with E-state index >= 15 is 0 Å². The summed E-state index contributed by atoms with van der Waals surface area (Å²) >= 11 is 0. The molecule has 0 radical (unpaired) electrons. The molecule has 2 aromatic heterocycles. The van der Waals surface area contributed by atoms with E-state index in [0.29, 0.717) is 11.4 Å². The first-order valence-electron chi connectivity index (χ1n) is 6.80. The van der Waals surface area contributed by atoms with Gasteiger partial charge in [0.1, 0.15) is 12.3 Å². The van der Waals surface area contributed by atoms with Crippen LogP contribution < -0.4 is 10.9 Å². The molecule has 0 aliphatic carbocycles. The van der Waals surface area contributed by atoms with E-state index in [1.165, 1.54) is 10.6 Å². The quantitative estimate of drug-likeness (QED) is 0.691. The Morgan fingerprint density at radius 1 is 1.27 bits per heavy atom. The number of carbonyl (C=O) groups is 1. The smallest absolute Gasteiger partial charge is 0.254 e.